The molecule has 1 heterocycles. The largest absolute Gasteiger partial charge is 0.497 e. The number of benzene rings is 1. The van der Waals surface area contributed by atoms with Gasteiger partial charge in [-0.15, -0.1) is 0 Å². The van der Waals surface area contributed by atoms with Crippen molar-refractivity contribution in [2.24, 2.45) is 5.10 Å². The van der Waals surface area contributed by atoms with Gasteiger partial charge in [-0.1, -0.05) is 0 Å². The number of thioether (sulfide) groups is 1. The summed E-state index contributed by atoms with van der Waals surface area (Å²) in [6, 6.07) is 5.41. The van der Waals surface area contributed by atoms with Crippen molar-refractivity contribution in [2.75, 3.05) is 45.4 Å². The minimum atomic E-state index is -0.106. The van der Waals surface area contributed by atoms with Crippen molar-refractivity contribution >= 4 is 23.9 Å². The number of carbonyl (C=O) groups is 1. The second-order valence-electron chi connectivity index (χ2n) is 4.79. The van der Waals surface area contributed by atoms with E-state index < -0.39 is 0 Å². The number of nitrogens with one attached hydrogen (secondary N) is 1. The summed E-state index contributed by atoms with van der Waals surface area (Å²) in [5.41, 5.74) is 3.30. The Labute approximate surface area is 134 Å². The molecule has 0 saturated carbocycles. The van der Waals surface area contributed by atoms with E-state index in [1.807, 2.05) is 17.8 Å². The van der Waals surface area contributed by atoms with E-state index in [9.17, 15) is 4.79 Å². The van der Waals surface area contributed by atoms with Crippen molar-refractivity contribution in [1.29, 1.82) is 0 Å². The minimum absolute atomic E-state index is 0.106. The summed E-state index contributed by atoms with van der Waals surface area (Å²) < 4.78 is 10.4. The Balaban J connectivity index is 1.89. The van der Waals surface area contributed by atoms with Crippen molar-refractivity contribution in [2.45, 2.75) is 0 Å². The maximum Gasteiger partial charge on any atom is 0.254 e. The van der Waals surface area contributed by atoms with E-state index in [2.05, 4.69) is 15.4 Å². The number of nitrogens with zero attached hydrogens (tertiary/aromatic N) is 2. The lowest BCUT2D eigenvalue weighted by Crippen LogP contribution is -2.40. The predicted octanol–water partition coefficient (Wildman–Crippen LogP) is 1.20. The molecule has 120 valence electrons. The number of hydrogen-bond donors (Lipinski definition) is 1. The van der Waals surface area contributed by atoms with Crippen LogP contribution in [0.2, 0.25) is 0 Å². The van der Waals surface area contributed by atoms with Crippen LogP contribution in [0.3, 0.4) is 0 Å². The highest BCUT2D eigenvalue weighted by atomic mass is 32.2. The zero-order valence-electron chi connectivity index (χ0n) is 12.9. The van der Waals surface area contributed by atoms with Gasteiger partial charge < -0.3 is 9.47 Å². The minimum Gasteiger partial charge on any atom is -0.497 e. The summed E-state index contributed by atoms with van der Waals surface area (Å²) in [5, 5.41) is 4.00. The maximum atomic E-state index is 11.8. The van der Waals surface area contributed by atoms with Crippen LogP contribution in [-0.2, 0) is 4.79 Å². The number of amides is 1. The Bertz CT molecular complexity index is 531. The highest BCUT2D eigenvalue weighted by Gasteiger charge is 2.13. The third-order valence-electron chi connectivity index (χ3n) is 3.30. The first kappa shape index (κ1) is 16.6. The second-order valence-corrected chi connectivity index (χ2v) is 6.01. The molecule has 0 aromatic heterocycles. The van der Waals surface area contributed by atoms with Crippen LogP contribution in [-0.4, -0.2) is 62.4 Å². The van der Waals surface area contributed by atoms with Crippen LogP contribution in [0.4, 0.5) is 0 Å². The topological polar surface area (TPSA) is 63.2 Å². The summed E-state index contributed by atoms with van der Waals surface area (Å²) in [6.07, 6.45) is 1.56. The molecule has 0 unspecified atom stereocenters. The van der Waals surface area contributed by atoms with E-state index in [0.717, 1.165) is 30.2 Å². The first-order chi connectivity index (χ1) is 10.7. The molecule has 1 saturated heterocycles. The van der Waals surface area contributed by atoms with E-state index in [0.29, 0.717) is 18.0 Å². The third kappa shape index (κ3) is 4.92. The van der Waals surface area contributed by atoms with E-state index in [1.165, 1.54) is 0 Å². The number of carbonyl (C=O) groups excluding carboxylic acids is 1. The van der Waals surface area contributed by atoms with Crippen LogP contribution < -0.4 is 14.9 Å². The summed E-state index contributed by atoms with van der Waals surface area (Å²) in [7, 11) is 3.19. The average Bonchev–Trinajstić information content (AvgIpc) is 2.55. The first-order valence-corrected chi connectivity index (χ1v) is 8.22. The Morgan fingerprint density at radius 3 is 2.82 bits per heavy atom. The summed E-state index contributed by atoms with van der Waals surface area (Å²) in [5.74, 6) is 3.44. The molecule has 1 N–H and O–H groups in total. The zero-order chi connectivity index (χ0) is 15.8. The maximum absolute atomic E-state index is 11.8. The summed E-state index contributed by atoms with van der Waals surface area (Å²) in [4.78, 5) is 14.0. The molecule has 1 amide bonds. The van der Waals surface area contributed by atoms with E-state index in [-0.39, 0.29) is 5.91 Å². The third-order valence-corrected chi connectivity index (χ3v) is 4.24. The van der Waals surface area contributed by atoms with Crippen molar-refractivity contribution in [1.82, 2.24) is 10.3 Å². The monoisotopic (exact) mass is 323 g/mol. The molecule has 1 aromatic carbocycles. The Hall–Kier alpha value is -1.73. The molecule has 1 fully saturated rings. The van der Waals surface area contributed by atoms with Crippen LogP contribution in [0.5, 0.6) is 11.5 Å². The fourth-order valence-electron chi connectivity index (χ4n) is 2.11. The molecule has 0 atom stereocenters. The van der Waals surface area contributed by atoms with Gasteiger partial charge in [-0.2, -0.15) is 16.9 Å². The number of hydrazone groups is 1. The van der Waals surface area contributed by atoms with Crippen LogP contribution >= 0.6 is 11.8 Å². The van der Waals surface area contributed by atoms with Crippen LogP contribution in [0.1, 0.15) is 5.56 Å². The molecule has 0 bridgehead atoms. The lowest BCUT2D eigenvalue weighted by molar-refractivity contribution is -0.122. The number of ether oxygens (including phenoxy) is 2. The molecular formula is C15H21N3O3S. The smallest absolute Gasteiger partial charge is 0.254 e. The number of hydrogen-bond acceptors (Lipinski definition) is 6. The Kier molecular flexibility index (Phi) is 6.54. The lowest BCUT2D eigenvalue weighted by atomic mass is 10.2. The van der Waals surface area contributed by atoms with Gasteiger partial charge in [0, 0.05) is 30.2 Å². The second kappa shape index (κ2) is 8.65. The molecule has 1 aromatic rings. The molecule has 1 aliphatic heterocycles. The molecular weight excluding hydrogens is 302 g/mol. The molecule has 0 radical (unpaired) electrons. The highest BCUT2D eigenvalue weighted by molar-refractivity contribution is 7.99. The fraction of sp³-hybridized carbons (Fsp3) is 0.467. The van der Waals surface area contributed by atoms with Crippen LogP contribution in [0.25, 0.3) is 0 Å². The van der Waals surface area contributed by atoms with Gasteiger partial charge >= 0.3 is 0 Å². The van der Waals surface area contributed by atoms with Gasteiger partial charge in [0.15, 0.2) is 0 Å². The highest BCUT2D eigenvalue weighted by Crippen LogP contribution is 2.22. The van der Waals surface area contributed by atoms with Gasteiger partial charge in [-0.25, -0.2) is 5.43 Å². The molecule has 0 spiro atoms. The summed E-state index contributed by atoms with van der Waals surface area (Å²) in [6.45, 7) is 2.28. The molecule has 0 aliphatic carbocycles. The van der Waals surface area contributed by atoms with Crippen molar-refractivity contribution < 1.29 is 14.3 Å². The molecule has 7 heteroatoms. The van der Waals surface area contributed by atoms with Crippen molar-refractivity contribution in [3.63, 3.8) is 0 Å². The lowest BCUT2D eigenvalue weighted by Gasteiger charge is -2.24. The van der Waals surface area contributed by atoms with Gasteiger partial charge in [-0.3, -0.25) is 9.69 Å². The van der Waals surface area contributed by atoms with Crippen LogP contribution in [0, 0.1) is 0 Å². The Morgan fingerprint density at radius 2 is 2.14 bits per heavy atom. The average molecular weight is 323 g/mol. The zero-order valence-corrected chi connectivity index (χ0v) is 13.7. The van der Waals surface area contributed by atoms with Gasteiger partial charge in [0.25, 0.3) is 5.91 Å². The fourth-order valence-corrected chi connectivity index (χ4v) is 3.09. The van der Waals surface area contributed by atoms with E-state index >= 15 is 0 Å². The SMILES string of the molecule is COc1ccc(OC)c(C=NNC(=O)CN2CCSCC2)c1. The molecule has 2 rings (SSSR count). The quantitative estimate of drug-likeness (QED) is 0.630. The van der Waals surface area contributed by atoms with Gasteiger partial charge in [0.2, 0.25) is 0 Å². The first-order valence-electron chi connectivity index (χ1n) is 7.07. The standard InChI is InChI=1S/C15H21N3O3S/c1-20-13-3-4-14(21-2)12(9-13)10-16-17-15(19)11-18-5-7-22-8-6-18/h3-4,9-10H,5-8,11H2,1-2H3,(H,17,19). The number of rotatable bonds is 6. The molecule has 22 heavy (non-hydrogen) atoms. The van der Waals surface area contributed by atoms with Gasteiger partial charge in [0.05, 0.1) is 27.0 Å². The normalized spacial score (nSPS) is 15.7. The van der Waals surface area contributed by atoms with Gasteiger partial charge in [0.1, 0.15) is 11.5 Å². The van der Waals surface area contributed by atoms with E-state index in [1.54, 1.807) is 32.6 Å². The molecule has 1 aliphatic rings. The Morgan fingerprint density at radius 1 is 1.36 bits per heavy atom. The predicted molar refractivity (Wildman–Crippen MR) is 89.0 cm³/mol. The van der Waals surface area contributed by atoms with Crippen LogP contribution in [0.15, 0.2) is 23.3 Å². The van der Waals surface area contributed by atoms with Gasteiger partial charge in [-0.05, 0) is 18.2 Å². The van der Waals surface area contributed by atoms with E-state index in [4.69, 9.17) is 9.47 Å². The molecule has 6 nitrogen and oxygen atoms in total. The summed E-state index contributed by atoms with van der Waals surface area (Å²) >= 11 is 1.92. The van der Waals surface area contributed by atoms with Crippen molar-refractivity contribution in [3.8, 4) is 11.5 Å². The van der Waals surface area contributed by atoms with Crippen molar-refractivity contribution in [3.05, 3.63) is 23.8 Å². The number of methoxy groups -OCH3 is 2.